The summed E-state index contributed by atoms with van der Waals surface area (Å²) in [4.78, 5) is 2.40. The Morgan fingerprint density at radius 2 is 1.62 bits per heavy atom. The van der Waals surface area contributed by atoms with E-state index in [2.05, 4.69) is 63.6 Å². The molecule has 1 aliphatic carbocycles. The lowest BCUT2D eigenvalue weighted by Gasteiger charge is -2.30. The van der Waals surface area contributed by atoms with Crippen LogP contribution in [0.2, 0.25) is 0 Å². The fraction of sp³-hybridized carbons (Fsp3) is 0.286. The molecule has 0 spiro atoms. The maximum absolute atomic E-state index is 5.04. The molecule has 6 rings (SSSR count). The van der Waals surface area contributed by atoms with Crippen LogP contribution in [0.1, 0.15) is 35.7 Å². The first kappa shape index (κ1) is 14.2. The molecule has 0 unspecified atom stereocenters. The van der Waals surface area contributed by atoms with E-state index in [9.17, 15) is 0 Å². The van der Waals surface area contributed by atoms with Gasteiger partial charge in [0.2, 0.25) is 0 Å². The first-order chi connectivity index (χ1) is 12.9. The highest BCUT2D eigenvalue weighted by atomic mass is 15.4. The second kappa shape index (κ2) is 5.27. The summed E-state index contributed by atoms with van der Waals surface area (Å²) in [5, 5.41) is 16.3. The number of rotatable bonds is 2. The van der Waals surface area contributed by atoms with Crippen LogP contribution in [0.4, 0.5) is 5.82 Å². The van der Waals surface area contributed by atoms with Gasteiger partial charge < -0.3 is 4.90 Å². The van der Waals surface area contributed by atoms with Crippen LogP contribution in [-0.2, 0) is 13.0 Å². The molecule has 2 aromatic carbocycles. The van der Waals surface area contributed by atoms with Gasteiger partial charge in [0.15, 0.2) is 17.3 Å². The van der Waals surface area contributed by atoms with Crippen LogP contribution in [0, 0.1) is 0 Å². The molecule has 2 aliphatic rings. The van der Waals surface area contributed by atoms with E-state index in [4.69, 9.17) is 5.10 Å². The molecule has 5 heteroatoms. The normalized spacial score (nSPS) is 17.0. The largest absolute Gasteiger partial charge is 0.350 e. The number of benzene rings is 2. The van der Waals surface area contributed by atoms with Crippen molar-refractivity contribution in [2.24, 2.45) is 0 Å². The third-order valence-corrected chi connectivity index (χ3v) is 5.64. The van der Waals surface area contributed by atoms with Gasteiger partial charge in [-0.25, -0.2) is 0 Å². The number of hydrogen-bond acceptors (Lipinski definition) is 4. The van der Waals surface area contributed by atoms with Crippen LogP contribution < -0.4 is 4.90 Å². The Hall–Kier alpha value is -2.95. The van der Waals surface area contributed by atoms with E-state index in [-0.39, 0.29) is 0 Å². The first-order valence-corrected chi connectivity index (χ1v) is 9.34. The van der Waals surface area contributed by atoms with Crippen molar-refractivity contribution >= 4 is 22.2 Å². The molecule has 3 heterocycles. The molecular weight excluding hydrogens is 322 g/mol. The van der Waals surface area contributed by atoms with Gasteiger partial charge >= 0.3 is 0 Å². The highest BCUT2D eigenvalue weighted by Crippen LogP contribution is 2.40. The van der Waals surface area contributed by atoms with E-state index < -0.39 is 0 Å². The summed E-state index contributed by atoms with van der Waals surface area (Å²) >= 11 is 0. The van der Waals surface area contributed by atoms with E-state index in [1.165, 1.54) is 24.0 Å². The number of fused-ring (bicyclic) bond motifs is 4. The molecule has 1 aliphatic heterocycles. The standard InChI is InChI=1S/C21H19N5/c1-2-6-16-13-25(12-11-14(16)5-1)21-18-8-4-3-7-17(18)20-23-22-19(15-9-10-15)26(20)24-21/h1-8,15H,9-13H2. The molecule has 2 aromatic heterocycles. The Labute approximate surface area is 151 Å². The van der Waals surface area contributed by atoms with Crippen LogP contribution in [-0.4, -0.2) is 26.4 Å². The number of nitrogens with zero attached hydrogens (tertiary/aromatic N) is 5. The van der Waals surface area contributed by atoms with E-state index >= 15 is 0 Å². The second-order valence-electron chi connectivity index (χ2n) is 7.38. The summed E-state index contributed by atoms with van der Waals surface area (Å²) in [6, 6.07) is 17.2. The lowest BCUT2D eigenvalue weighted by Crippen LogP contribution is -2.31. The monoisotopic (exact) mass is 341 g/mol. The molecule has 0 atom stereocenters. The van der Waals surface area contributed by atoms with Gasteiger partial charge in [-0.1, -0.05) is 48.5 Å². The van der Waals surface area contributed by atoms with Crippen molar-refractivity contribution in [3.8, 4) is 0 Å². The van der Waals surface area contributed by atoms with Crippen LogP contribution in [0.25, 0.3) is 16.4 Å². The zero-order valence-electron chi connectivity index (χ0n) is 14.5. The van der Waals surface area contributed by atoms with Crippen molar-refractivity contribution in [2.45, 2.75) is 31.7 Å². The molecule has 1 saturated carbocycles. The van der Waals surface area contributed by atoms with E-state index in [0.717, 1.165) is 47.6 Å². The average molecular weight is 341 g/mol. The van der Waals surface area contributed by atoms with Gasteiger partial charge in [0.25, 0.3) is 0 Å². The maximum Gasteiger partial charge on any atom is 0.185 e. The number of anilines is 1. The smallest absolute Gasteiger partial charge is 0.185 e. The van der Waals surface area contributed by atoms with Crippen molar-refractivity contribution in [2.75, 3.05) is 11.4 Å². The van der Waals surface area contributed by atoms with Crippen LogP contribution in [0.5, 0.6) is 0 Å². The SMILES string of the molecule is c1ccc2c(c1)CCN(c1nn3c(C4CC4)nnc3c3ccccc13)C2. The first-order valence-electron chi connectivity index (χ1n) is 9.34. The van der Waals surface area contributed by atoms with Crippen LogP contribution in [0.3, 0.4) is 0 Å². The molecule has 4 aromatic rings. The van der Waals surface area contributed by atoms with Crippen molar-refractivity contribution in [3.63, 3.8) is 0 Å². The minimum absolute atomic E-state index is 0.522. The third kappa shape index (κ3) is 2.06. The Morgan fingerprint density at radius 1 is 0.846 bits per heavy atom. The van der Waals surface area contributed by atoms with Gasteiger partial charge in [-0.15, -0.1) is 15.3 Å². The predicted molar refractivity (Wildman–Crippen MR) is 101 cm³/mol. The minimum Gasteiger partial charge on any atom is -0.350 e. The minimum atomic E-state index is 0.522. The van der Waals surface area contributed by atoms with Gasteiger partial charge in [-0.3, -0.25) is 0 Å². The molecule has 128 valence electrons. The third-order valence-electron chi connectivity index (χ3n) is 5.64. The van der Waals surface area contributed by atoms with Gasteiger partial charge in [0, 0.05) is 29.8 Å². The molecule has 0 bridgehead atoms. The molecule has 1 fully saturated rings. The van der Waals surface area contributed by atoms with E-state index in [0.29, 0.717) is 5.92 Å². The summed E-state index contributed by atoms with van der Waals surface area (Å²) in [5.74, 6) is 2.59. The Balaban J connectivity index is 1.56. The zero-order chi connectivity index (χ0) is 17.1. The highest BCUT2D eigenvalue weighted by Gasteiger charge is 2.30. The molecule has 0 saturated heterocycles. The van der Waals surface area contributed by atoms with Gasteiger partial charge in [-0.05, 0) is 30.4 Å². The fourth-order valence-electron chi connectivity index (χ4n) is 4.09. The molecule has 0 amide bonds. The molecule has 5 nitrogen and oxygen atoms in total. The summed E-state index contributed by atoms with van der Waals surface area (Å²) in [7, 11) is 0. The van der Waals surface area contributed by atoms with Crippen molar-refractivity contribution < 1.29 is 0 Å². The Kier molecular flexibility index (Phi) is 2.89. The zero-order valence-corrected chi connectivity index (χ0v) is 14.5. The summed E-state index contributed by atoms with van der Waals surface area (Å²) < 4.78 is 2.00. The number of hydrogen-bond donors (Lipinski definition) is 0. The molecule has 26 heavy (non-hydrogen) atoms. The van der Waals surface area contributed by atoms with Crippen LogP contribution in [0.15, 0.2) is 48.5 Å². The highest BCUT2D eigenvalue weighted by molar-refractivity contribution is 6.00. The summed E-state index contributed by atoms with van der Waals surface area (Å²) in [5.41, 5.74) is 3.73. The molecule has 0 N–H and O–H groups in total. The molecule has 0 radical (unpaired) electrons. The van der Waals surface area contributed by atoms with Gasteiger partial charge in [0.1, 0.15) is 0 Å². The lowest BCUT2D eigenvalue weighted by molar-refractivity contribution is 0.705. The van der Waals surface area contributed by atoms with Gasteiger partial charge in [-0.2, -0.15) is 4.52 Å². The van der Waals surface area contributed by atoms with E-state index in [1.54, 1.807) is 0 Å². The van der Waals surface area contributed by atoms with Gasteiger partial charge in [0.05, 0.1) is 0 Å². The van der Waals surface area contributed by atoms with E-state index in [1.807, 2.05) is 4.52 Å². The Morgan fingerprint density at radius 3 is 2.46 bits per heavy atom. The quantitative estimate of drug-likeness (QED) is 0.557. The summed E-state index contributed by atoms with van der Waals surface area (Å²) in [6.07, 6.45) is 3.45. The number of aromatic nitrogens is 4. The van der Waals surface area contributed by atoms with Crippen molar-refractivity contribution in [3.05, 3.63) is 65.5 Å². The second-order valence-corrected chi connectivity index (χ2v) is 7.38. The summed E-state index contributed by atoms with van der Waals surface area (Å²) in [6.45, 7) is 1.89. The van der Waals surface area contributed by atoms with Crippen molar-refractivity contribution in [1.82, 2.24) is 19.8 Å². The topological polar surface area (TPSA) is 46.3 Å². The van der Waals surface area contributed by atoms with Crippen LogP contribution >= 0.6 is 0 Å². The molecular formula is C21H19N5. The average Bonchev–Trinajstić information content (AvgIpc) is 3.45. The Bertz CT molecular complexity index is 1140. The maximum atomic E-state index is 5.04. The lowest BCUT2D eigenvalue weighted by atomic mass is 9.99. The predicted octanol–water partition coefficient (Wildman–Crippen LogP) is 3.72. The fourth-order valence-corrected chi connectivity index (χ4v) is 4.09. The van der Waals surface area contributed by atoms with Crippen molar-refractivity contribution in [1.29, 1.82) is 0 Å².